The Kier molecular flexibility index (Phi) is 5.59. The molecule has 0 aliphatic heterocycles. The van der Waals surface area contributed by atoms with Crippen molar-refractivity contribution in [2.24, 2.45) is 0 Å². The molecule has 1 rings (SSSR count). The summed E-state index contributed by atoms with van der Waals surface area (Å²) in [5.74, 6) is 0. The maximum Gasteiger partial charge on any atom is 0.413 e. The Morgan fingerprint density at radius 2 is 2.17 bits per heavy atom. The molecule has 18 heavy (non-hydrogen) atoms. The van der Waals surface area contributed by atoms with Gasteiger partial charge in [-0.25, -0.2) is 9.78 Å². The number of aryl methyl sites for hydroxylation is 2. The first-order valence-corrected chi connectivity index (χ1v) is 7.78. The minimum Gasteiger partial charge on any atom is -0.444 e. The van der Waals surface area contributed by atoms with Crippen molar-refractivity contribution in [1.82, 2.24) is 4.98 Å². The minimum absolute atomic E-state index is 0.455. The molecule has 0 spiro atoms. The maximum absolute atomic E-state index is 11.6. The Morgan fingerprint density at radius 1 is 1.50 bits per heavy atom. The lowest BCUT2D eigenvalue weighted by molar-refractivity contribution is 0.0636. The SMILES string of the molecule is Cc1nc(NC(=O)OC(C)(C)C)sc1CCCBr. The molecule has 102 valence electrons. The van der Waals surface area contributed by atoms with Gasteiger partial charge in [0.2, 0.25) is 0 Å². The third kappa shape index (κ3) is 5.35. The zero-order valence-corrected chi connectivity index (χ0v) is 13.6. The summed E-state index contributed by atoms with van der Waals surface area (Å²) in [5, 5.41) is 4.25. The highest BCUT2D eigenvalue weighted by Gasteiger charge is 2.17. The summed E-state index contributed by atoms with van der Waals surface area (Å²) in [5.41, 5.74) is 0.488. The second-order valence-corrected chi connectivity index (χ2v) is 6.82. The molecule has 1 amide bonds. The van der Waals surface area contributed by atoms with Crippen molar-refractivity contribution in [3.63, 3.8) is 0 Å². The largest absolute Gasteiger partial charge is 0.444 e. The molecule has 0 atom stereocenters. The van der Waals surface area contributed by atoms with Crippen molar-refractivity contribution in [2.45, 2.75) is 46.1 Å². The fourth-order valence-electron chi connectivity index (χ4n) is 1.33. The van der Waals surface area contributed by atoms with Crippen LogP contribution in [0.2, 0.25) is 0 Å². The van der Waals surface area contributed by atoms with Crippen LogP contribution in [0.1, 0.15) is 37.8 Å². The van der Waals surface area contributed by atoms with Crippen LogP contribution in [0.15, 0.2) is 0 Å². The fraction of sp³-hybridized carbons (Fsp3) is 0.667. The maximum atomic E-state index is 11.6. The van der Waals surface area contributed by atoms with Gasteiger partial charge in [-0.05, 0) is 40.5 Å². The summed E-state index contributed by atoms with van der Waals surface area (Å²) >= 11 is 4.92. The van der Waals surface area contributed by atoms with Gasteiger partial charge < -0.3 is 4.74 Å². The summed E-state index contributed by atoms with van der Waals surface area (Å²) in [6.45, 7) is 7.46. The summed E-state index contributed by atoms with van der Waals surface area (Å²) in [7, 11) is 0. The molecule has 1 aromatic heterocycles. The van der Waals surface area contributed by atoms with E-state index in [0.29, 0.717) is 5.13 Å². The molecule has 4 nitrogen and oxygen atoms in total. The van der Waals surface area contributed by atoms with Gasteiger partial charge in [0.25, 0.3) is 0 Å². The van der Waals surface area contributed by atoms with Gasteiger partial charge in [-0.15, -0.1) is 11.3 Å². The zero-order chi connectivity index (χ0) is 13.8. The van der Waals surface area contributed by atoms with E-state index in [4.69, 9.17) is 4.74 Å². The number of aromatic nitrogens is 1. The van der Waals surface area contributed by atoms with Gasteiger partial charge in [-0.1, -0.05) is 15.9 Å². The van der Waals surface area contributed by atoms with Gasteiger partial charge in [-0.2, -0.15) is 0 Å². The van der Waals surface area contributed by atoms with E-state index in [-0.39, 0.29) is 0 Å². The predicted molar refractivity (Wildman–Crippen MR) is 78.8 cm³/mol. The van der Waals surface area contributed by atoms with Crippen molar-refractivity contribution >= 4 is 38.5 Å². The number of thiazole rings is 1. The second-order valence-electron chi connectivity index (χ2n) is 4.95. The highest BCUT2D eigenvalue weighted by atomic mass is 79.9. The van der Waals surface area contributed by atoms with Crippen LogP contribution < -0.4 is 5.32 Å². The number of hydrogen-bond acceptors (Lipinski definition) is 4. The minimum atomic E-state index is -0.491. The smallest absolute Gasteiger partial charge is 0.413 e. The van der Waals surface area contributed by atoms with E-state index >= 15 is 0 Å². The van der Waals surface area contributed by atoms with E-state index < -0.39 is 11.7 Å². The number of hydrogen-bond donors (Lipinski definition) is 1. The van der Waals surface area contributed by atoms with Crippen molar-refractivity contribution < 1.29 is 9.53 Å². The van der Waals surface area contributed by atoms with Crippen molar-refractivity contribution in [1.29, 1.82) is 0 Å². The summed E-state index contributed by atoms with van der Waals surface area (Å²) in [4.78, 5) is 17.1. The average Bonchev–Trinajstić information content (AvgIpc) is 2.52. The van der Waals surface area contributed by atoms with Crippen LogP contribution in [0.4, 0.5) is 9.93 Å². The molecule has 0 saturated carbocycles. The molecule has 6 heteroatoms. The van der Waals surface area contributed by atoms with Gasteiger partial charge >= 0.3 is 6.09 Å². The lowest BCUT2D eigenvalue weighted by Gasteiger charge is -2.18. The first-order valence-electron chi connectivity index (χ1n) is 5.84. The number of nitrogens with one attached hydrogen (secondary N) is 1. The third-order valence-electron chi connectivity index (χ3n) is 2.04. The standard InChI is InChI=1S/C12H19BrN2O2S/c1-8-9(6-5-7-13)18-10(14-8)15-11(16)17-12(2,3)4/h5-7H2,1-4H3,(H,14,15,16). The van der Waals surface area contributed by atoms with Gasteiger partial charge in [0.1, 0.15) is 5.60 Å². The quantitative estimate of drug-likeness (QED) is 0.842. The van der Waals surface area contributed by atoms with Crippen LogP contribution in [0, 0.1) is 6.92 Å². The molecular formula is C12H19BrN2O2S. The van der Waals surface area contributed by atoms with Crippen LogP contribution in [-0.2, 0) is 11.2 Å². The monoisotopic (exact) mass is 334 g/mol. The number of anilines is 1. The Labute approximate surface area is 120 Å². The molecule has 1 N–H and O–H groups in total. The first kappa shape index (κ1) is 15.4. The summed E-state index contributed by atoms with van der Waals surface area (Å²) < 4.78 is 5.18. The van der Waals surface area contributed by atoms with Gasteiger partial charge in [0.15, 0.2) is 5.13 Å². The molecule has 0 aliphatic carbocycles. The molecule has 0 saturated heterocycles. The lowest BCUT2D eigenvalue weighted by atomic mass is 10.2. The molecule has 0 bridgehead atoms. The number of alkyl halides is 1. The predicted octanol–water partition coefficient (Wildman–Crippen LogP) is 4.13. The van der Waals surface area contributed by atoms with Crippen LogP contribution >= 0.6 is 27.3 Å². The van der Waals surface area contributed by atoms with Crippen LogP contribution in [0.25, 0.3) is 0 Å². The van der Waals surface area contributed by atoms with Crippen molar-refractivity contribution in [3.05, 3.63) is 10.6 Å². The van der Waals surface area contributed by atoms with Crippen molar-refractivity contribution in [2.75, 3.05) is 10.6 Å². The third-order valence-corrected chi connectivity index (χ3v) is 3.73. The Bertz CT molecular complexity index is 413. The first-order chi connectivity index (χ1) is 8.31. The van der Waals surface area contributed by atoms with E-state index in [2.05, 4.69) is 26.2 Å². The van der Waals surface area contributed by atoms with E-state index in [0.717, 1.165) is 23.9 Å². The topological polar surface area (TPSA) is 51.2 Å². The highest BCUT2D eigenvalue weighted by molar-refractivity contribution is 9.09. The highest BCUT2D eigenvalue weighted by Crippen LogP contribution is 2.24. The van der Waals surface area contributed by atoms with Crippen LogP contribution in [-0.4, -0.2) is 22.0 Å². The van der Waals surface area contributed by atoms with Gasteiger partial charge in [-0.3, -0.25) is 5.32 Å². The van der Waals surface area contributed by atoms with Gasteiger partial charge in [0.05, 0.1) is 5.69 Å². The zero-order valence-electron chi connectivity index (χ0n) is 11.2. The number of amides is 1. The molecule has 0 radical (unpaired) electrons. The number of halogens is 1. The van der Waals surface area contributed by atoms with E-state index in [1.54, 1.807) is 0 Å². The molecular weight excluding hydrogens is 316 g/mol. The Morgan fingerprint density at radius 3 is 2.72 bits per heavy atom. The van der Waals surface area contributed by atoms with Gasteiger partial charge in [0, 0.05) is 10.2 Å². The van der Waals surface area contributed by atoms with E-state index in [1.165, 1.54) is 16.2 Å². The Balaban J connectivity index is 2.60. The molecule has 0 aliphatic rings. The lowest BCUT2D eigenvalue weighted by Crippen LogP contribution is -2.27. The van der Waals surface area contributed by atoms with E-state index in [9.17, 15) is 4.79 Å². The number of rotatable bonds is 4. The average molecular weight is 335 g/mol. The van der Waals surface area contributed by atoms with Crippen LogP contribution in [0.3, 0.4) is 0 Å². The number of nitrogens with zero attached hydrogens (tertiary/aromatic N) is 1. The normalized spacial score (nSPS) is 11.4. The number of carbonyl (C=O) groups excluding carboxylic acids is 1. The fourth-order valence-corrected chi connectivity index (χ4v) is 2.60. The molecule has 1 heterocycles. The molecule has 0 fully saturated rings. The van der Waals surface area contributed by atoms with Crippen LogP contribution in [0.5, 0.6) is 0 Å². The molecule has 1 aromatic rings. The number of carbonyl (C=O) groups is 1. The molecule has 0 unspecified atom stereocenters. The summed E-state index contributed by atoms with van der Waals surface area (Å²) in [6.07, 6.45) is 1.59. The molecule has 0 aromatic carbocycles. The van der Waals surface area contributed by atoms with Crippen molar-refractivity contribution in [3.8, 4) is 0 Å². The summed E-state index contributed by atoms with van der Waals surface area (Å²) in [6, 6.07) is 0. The van der Waals surface area contributed by atoms with E-state index in [1.807, 2.05) is 27.7 Å². The Hall–Kier alpha value is -0.620. The second kappa shape index (κ2) is 6.52. The number of ether oxygens (including phenoxy) is 1.